The van der Waals surface area contributed by atoms with Gasteiger partial charge in [-0.1, -0.05) is 43.3 Å². The Labute approximate surface area is 269 Å². The molecule has 1 N–H and O–H groups in total. The van der Waals surface area contributed by atoms with E-state index >= 15 is 0 Å². The van der Waals surface area contributed by atoms with Crippen LogP contribution in [0, 0.1) is 6.92 Å². The molecule has 9 heteroatoms. The summed E-state index contributed by atoms with van der Waals surface area (Å²) in [6.45, 7) is 6.26. The largest absolute Gasteiger partial charge is 0.495 e. The maximum atomic E-state index is 14.2. The van der Waals surface area contributed by atoms with E-state index in [0.29, 0.717) is 58.3 Å². The lowest BCUT2D eigenvalue weighted by atomic mass is 10.1. The lowest BCUT2D eigenvalue weighted by Gasteiger charge is -2.31. The van der Waals surface area contributed by atoms with Crippen molar-refractivity contribution in [2.75, 3.05) is 33.2 Å². The Hall–Kier alpha value is -5.31. The van der Waals surface area contributed by atoms with Crippen LogP contribution in [0.4, 0.5) is 10.5 Å². The van der Waals surface area contributed by atoms with Crippen molar-refractivity contribution in [3.63, 3.8) is 0 Å². The molecule has 238 valence electrons. The molecule has 5 rings (SSSR count). The van der Waals surface area contributed by atoms with Crippen LogP contribution in [0.15, 0.2) is 89.7 Å². The molecule has 0 fully saturated rings. The van der Waals surface area contributed by atoms with E-state index in [1.54, 1.807) is 36.9 Å². The van der Waals surface area contributed by atoms with Crippen molar-refractivity contribution in [1.82, 2.24) is 14.5 Å². The highest BCUT2D eigenvalue weighted by molar-refractivity contribution is 5.89. The lowest BCUT2D eigenvalue weighted by molar-refractivity contribution is 0.190. The first-order chi connectivity index (χ1) is 22.3. The Kier molecular flexibility index (Phi) is 9.91. The van der Waals surface area contributed by atoms with Crippen LogP contribution < -0.4 is 25.1 Å². The van der Waals surface area contributed by atoms with Crippen molar-refractivity contribution < 1.29 is 19.0 Å². The van der Waals surface area contributed by atoms with Crippen LogP contribution in [-0.2, 0) is 12.8 Å². The summed E-state index contributed by atoms with van der Waals surface area (Å²) in [5, 5.41) is 3.54. The number of amides is 2. The SMILES string of the molecule is CCc1ccc(NC(=O)N(CCc2ccc(OC)c(OC)c2)C(C)c2nc3ccccc3c(=O)n2-c2cc(C)ccc2OC)cc1. The zero-order valence-corrected chi connectivity index (χ0v) is 27.2. The Morgan fingerprint density at radius 2 is 1.54 bits per heavy atom. The van der Waals surface area contributed by atoms with Crippen LogP contribution in [0.3, 0.4) is 0 Å². The van der Waals surface area contributed by atoms with Crippen molar-refractivity contribution in [3.8, 4) is 22.9 Å². The number of anilines is 1. The number of ether oxygens (including phenoxy) is 3. The van der Waals surface area contributed by atoms with E-state index in [1.807, 2.05) is 92.7 Å². The molecule has 0 aliphatic carbocycles. The highest BCUT2D eigenvalue weighted by Crippen LogP contribution is 2.31. The monoisotopic (exact) mass is 620 g/mol. The topological polar surface area (TPSA) is 94.9 Å². The third-order valence-electron chi connectivity index (χ3n) is 8.18. The van der Waals surface area contributed by atoms with Crippen molar-refractivity contribution in [2.24, 2.45) is 0 Å². The second-order valence-electron chi connectivity index (χ2n) is 11.1. The molecule has 0 aliphatic heterocycles. The zero-order valence-electron chi connectivity index (χ0n) is 27.2. The number of benzene rings is 4. The van der Waals surface area contributed by atoms with E-state index in [2.05, 4.69) is 12.2 Å². The number of aromatic nitrogens is 2. The van der Waals surface area contributed by atoms with Gasteiger partial charge in [0.2, 0.25) is 0 Å². The molecule has 0 radical (unpaired) electrons. The second-order valence-corrected chi connectivity index (χ2v) is 11.1. The van der Waals surface area contributed by atoms with E-state index in [4.69, 9.17) is 19.2 Å². The quantitative estimate of drug-likeness (QED) is 0.169. The predicted molar refractivity (Wildman–Crippen MR) is 182 cm³/mol. The minimum absolute atomic E-state index is 0.244. The normalized spacial score (nSPS) is 11.6. The van der Waals surface area contributed by atoms with Gasteiger partial charge in [-0.2, -0.15) is 0 Å². The summed E-state index contributed by atoms with van der Waals surface area (Å²) in [6, 6.07) is 25.5. The highest BCUT2D eigenvalue weighted by Gasteiger charge is 2.28. The minimum atomic E-state index is -0.627. The summed E-state index contributed by atoms with van der Waals surface area (Å²) >= 11 is 0. The average molecular weight is 621 g/mol. The number of hydrogen-bond acceptors (Lipinski definition) is 6. The number of methoxy groups -OCH3 is 3. The molecular formula is C37H40N4O5. The fourth-order valence-electron chi connectivity index (χ4n) is 5.55. The molecule has 0 spiro atoms. The number of rotatable bonds is 11. The number of hydrogen-bond donors (Lipinski definition) is 1. The van der Waals surface area contributed by atoms with Crippen LogP contribution in [0.25, 0.3) is 16.6 Å². The van der Waals surface area contributed by atoms with Crippen molar-refractivity contribution >= 4 is 22.6 Å². The molecule has 1 unspecified atom stereocenters. The third-order valence-corrected chi connectivity index (χ3v) is 8.18. The molecule has 0 bridgehead atoms. The first-order valence-corrected chi connectivity index (χ1v) is 15.3. The third kappa shape index (κ3) is 6.68. The molecule has 9 nitrogen and oxygen atoms in total. The Morgan fingerprint density at radius 1 is 0.870 bits per heavy atom. The maximum absolute atomic E-state index is 14.2. The maximum Gasteiger partial charge on any atom is 0.322 e. The first kappa shape index (κ1) is 32.1. The van der Waals surface area contributed by atoms with Gasteiger partial charge in [0.05, 0.1) is 44.0 Å². The molecule has 1 aromatic heterocycles. The molecule has 4 aromatic carbocycles. The van der Waals surface area contributed by atoms with Crippen molar-refractivity contribution in [3.05, 3.63) is 118 Å². The predicted octanol–water partition coefficient (Wildman–Crippen LogP) is 7.12. The second kappa shape index (κ2) is 14.2. The van der Waals surface area contributed by atoms with Gasteiger partial charge in [-0.3, -0.25) is 9.36 Å². The molecule has 46 heavy (non-hydrogen) atoms. The Morgan fingerprint density at radius 3 is 2.24 bits per heavy atom. The summed E-state index contributed by atoms with van der Waals surface area (Å²) in [7, 11) is 4.76. The van der Waals surface area contributed by atoms with Gasteiger partial charge in [-0.05, 0) is 91.9 Å². The summed E-state index contributed by atoms with van der Waals surface area (Å²) in [5.74, 6) is 2.17. The van der Waals surface area contributed by atoms with E-state index in [1.165, 1.54) is 5.56 Å². The standard InChI is InChI=1S/C37H40N4O5/c1-7-26-13-16-28(17-14-26)38-37(43)40(21-20-27-15-19-33(45-5)34(23-27)46-6)25(3)35-39-30-11-9-8-10-29(30)36(42)41(35)31-22-24(2)12-18-32(31)44-4/h8-19,22-23,25H,7,20-21H2,1-6H3,(H,38,43). The smallest absolute Gasteiger partial charge is 0.322 e. The number of carbonyl (C=O) groups is 1. The number of carbonyl (C=O) groups excluding carboxylic acids is 1. The molecule has 5 aromatic rings. The van der Waals surface area contributed by atoms with Crippen LogP contribution in [0.1, 0.15) is 42.4 Å². The number of nitrogens with one attached hydrogen (secondary N) is 1. The first-order valence-electron chi connectivity index (χ1n) is 15.3. The van der Waals surface area contributed by atoms with Crippen LogP contribution in [0.2, 0.25) is 0 Å². The number of urea groups is 1. The van der Waals surface area contributed by atoms with Gasteiger partial charge in [0.25, 0.3) is 5.56 Å². The van der Waals surface area contributed by atoms with Gasteiger partial charge in [0, 0.05) is 12.2 Å². The molecule has 2 amide bonds. The van der Waals surface area contributed by atoms with Gasteiger partial charge in [0.15, 0.2) is 11.5 Å². The molecule has 0 saturated carbocycles. The fourth-order valence-corrected chi connectivity index (χ4v) is 5.55. The average Bonchev–Trinajstić information content (AvgIpc) is 3.08. The number of fused-ring (bicyclic) bond motifs is 1. The van der Waals surface area contributed by atoms with Crippen LogP contribution in [0.5, 0.6) is 17.2 Å². The summed E-state index contributed by atoms with van der Waals surface area (Å²) in [5.41, 5.74) is 4.62. The zero-order chi connectivity index (χ0) is 32.8. The van der Waals surface area contributed by atoms with Gasteiger partial charge < -0.3 is 24.4 Å². The van der Waals surface area contributed by atoms with Crippen LogP contribution in [-0.4, -0.2) is 48.4 Å². The van der Waals surface area contributed by atoms with Gasteiger partial charge >= 0.3 is 6.03 Å². The summed E-state index contributed by atoms with van der Waals surface area (Å²) in [4.78, 5) is 35.1. The van der Waals surface area contributed by atoms with Crippen LogP contribution >= 0.6 is 0 Å². The van der Waals surface area contributed by atoms with Crippen molar-refractivity contribution in [1.29, 1.82) is 0 Å². The summed E-state index contributed by atoms with van der Waals surface area (Å²) < 4.78 is 18.2. The fraction of sp³-hybridized carbons (Fsp3) is 0.270. The Balaban J connectivity index is 1.62. The van der Waals surface area contributed by atoms with Gasteiger partial charge in [-0.15, -0.1) is 0 Å². The Bertz CT molecular complexity index is 1900. The molecule has 0 saturated heterocycles. The molecule has 0 aliphatic rings. The van der Waals surface area contributed by atoms with Gasteiger partial charge in [-0.25, -0.2) is 9.78 Å². The van der Waals surface area contributed by atoms with E-state index in [-0.39, 0.29) is 11.6 Å². The van der Waals surface area contributed by atoms with E-state index < -0.39 is 6.04 Å². The van der Waals surface area contributed by atoms with Gasteiger partial charge in [0.1, 0.15) is 11.6 Å². The summed E-state index contributed by atoms with van der Waals surface area (Å²) in [6.07, 6.45) is 1.41. The van der Waals surface area contributed by atoms with E-state index in [0.717, 1.165) is 17.5 Å². The molecule has 1 heterocycles. The number of aryl methyl sites for hydroxylation is 2. The lowest BCUT2D eigenvalue weighted by Crippen LogP contribution is -2.41. The van der Waals surface area contributed by atoms with E-state index in [9.17, 15) is 9.59 Å². The number of para-hydroxylation sites is 1. The van der Waals surface area contributed by atoms with Crippen molar-refractivity contribution in [2.45, 2.75) is 39.7 Å². The molecule has 1 atom stereocenters. The highest BCUT2D eigenvalue weighted by atomic mass is 16.5. The number of nitrogens with zero attached hydrogens (tertiary/aromatic N) is 3. The minimum Gasteiger partial charge on any atom is -0.495 e. The molecular weight excluding hydrogens is 580 g/mol.